The number of hydrogen-bond acceptors (Lipinski definition) is 3. The van der Waals surface area contributed by atoms with E-state index in [-0.39, 0.29) is 0 Å². The number of rotatable bonds is 2. The Morgan fingerprint density at radius 1 is 1.33 bits per heavy atom. The van der Waals surface area contributed by atoms with Crippen LogP contribution in [0.4, 0.5) is 4.79 Å². The van der Waals surface area contributed by atoms with Gasteiger partial charge in [0.25, 0.3) is 0 Å². The molecule has 0 aromatic heterocycles. The number of nitrogens with one attached hydrogen (secondary N) is 1. The number of benzene rings is 1. The van der Waals surface area contributed by atoms with Crippen molar-refractivity contribution < 1.29 is 9.53 Å². The SMILES string of the molecule is CCOC(=O)N/N=C1/CCCCc2ccccc21. The Labute approximate surface area is 107 Å². The van der Waals surface area contributed by atoms with Gasteiger partial charge in [-0.05, 0) is 38.2 Å². The predicted octanol–water partition coefficient (Wildman–Crippen LogP) is 2.86. The van der Waals surface area contributed by atoms with Crippen molar-refractivity contribution in [2.75, 3.05) is 6.61 Å². The monoisotopic (exact) mass is 246 g/mol. The maximum absolute atomic E-state index is 11.2. The van der Waals surface area contributed by atoms with Crippen LogP contribution in [0.2, 0.25) is 0 Å². The number of ether oxygens (including phenoxy) is 1. The summed E-state index contributed by atoms with van der Waals surface area (Å²) in [5.74, 6) is 0. The van der Waals surface area contributed by atoms with Gasteiger partial charge in [0.1, 0.15) is 0 Å². The number of nitrogens with zero attached hydrogens (tertiary/aromatic N) is 1. The molecule has 1 N–H and O–H groups in total. The Bertz CT molecular complexity index is 455. The van der Waals surface area contributed by atoms with E-state index in [0.29, 0.717) is 6.61 Å². The summed E-state index contributed by atoms with van der Waals surface area (Å²) in [5.41, 5.74) is 5.84. The Balaban J connectivity index is 2.17. The van der Waals surface area contributed by atoms with E-state index in [0.717, 1.165) is 37.0 Å². The Hall–Kier alpha value is -1.84. The molecule has 0 saturated carbocycles. The van der Waals surface area contributed by atoms with Gasteiger partial charge in [0, 0.05) is 5.56 Å². The van der Waals surface area contributed by atoms with Gasteiger partial charge in [0.2, 0.25) is 0 Å². The normalized spacial score (nSPS) is 16.8. The van der Waals surface area contributed by atoms with Crippen molar-refractivity contribution >= 4 is 11.8 Å². The van der Waals surface area contributed by atoms with Crippen molar-refractivity contribution in [3.8, 4) is 0 Å². The quantitative estimate of drug-likeness (QED) is 0.644. The molecule has 1 amide bonds. The predicted molar refractivity (Wildman–Crippen MR) is 70.7 cm³/mol. The molecule has 18 heavy (non-hydrogen) atoms. The highest BCUT2D eigenvalue weighted by molar-refractivity contribution is 6.02. The van der Waals surface area contributed by atoms with Crippen molar-refractivity contribution in [2.24, 2.45) is 5.10 Å². The molecule has 96 valence electrons. The zero-order valence-corrected chi connectivity index (χ0v) is 10.6. The maximum atomic E-state index is 11.2. The van der Waals surface area contributed by atoms with Crippen molar-refractivity contribution in [3.63, 3.8) is 0 Å². The van der Waals surface area contributed by atoms with Crippen LogP contribution in [-0.4, -0.2) is 18.4 Å². The molecule has 1 aromatic rings. The van der Waals surface area contributed by atoms with Gasteiger partial charge in [0.05, 0.1) is 12.3 Å². The van der Waals surface area contributed by atoms with Crippen LogP contribution in [0.3, 0.4) is 0 Å². The molecule has 0 spiro atoms. The van der Waals surface area contributed by atoms with Crippen molar-refractivity contribution in [1.29, 1.82) is 0 Å². The topological polar surface area (TPSA) is 50.7 Å². The molecule has 2 rings (SSSR count). The van der Waals surface area contributed by atoms with Crippen LogP contribution in [0, 0.1) is 0 Å². The van der Waals surface area contributed by atoms with E-state index in [2.05, 4.69) is 22.7 Å². The summed E-state index contributed by atoms with van der Waals surface area (Å²) in [6.07, 6.45) is 3.73. The Morgan fingerprint density at radius 3 is 2.94 bits per heavy atom. The number of fused-ring (bicyclic) bond motifs is 1. The number of carbonyl (C=O) groups excluding carboxylic acids is 1. The fraction of sp³-hybridized carbons (Fsp3) is 0.429. The molecule has 0 atom stereocenters. The van der Waals surface area contributed by atoms with Crippen molar-refractivity contribution in [2.45, 2.75) is 32.6 Å². The maximum Gasteiger partial charge on any atom is 0.427 e. The highest BCUT2D eigenvalue weighted by Gasteiger charge is 2.13. The fourth-order valence-corrected chi connectivity index (χ4v) is 2.16. The van der Waals surface area contributed by atoms with Gasteiger partial charge in [0.15, 0.2) is 0 Å². The summed E-state index contributed by atoms with van der Waals surface area (Å²) < 4.78 is 4.80. The number of carbonyl (C=O) groups is 1. The van der Waals surface area contributed by atoms with Crippen LogP contribution in [-0.2, 0) is 11.2 Å². The highest BCUT2D eigenvalue weighted by Crippen LogP contribution is 2.20. The molecule has 4 nitrogen and oxygen atoms in total. The van der Waals surface area contributed by atoms with E-state index >= 15 is 0 Å². The summed E-state index contributed by atoms with van der Waals surface area (Å²) in [7, 11) is 0. The van der Waals surface area contributed by atoms with Gasteiger partial charge in [-0.15, -0.1) is 0 Å². The molecule has 0 heterocycles. The van der Waals surface area contributed by atoms with E-state index in [1.54, 1.807) is 6.92 Å². The minimum atomic E-state index is -0.494. The van der Waals surface area contributed by atoms with E-state index in [9.17, 15) is 4.79 Å². The number of hydrazone groups is 1. The average molecular weight is 246 g/mol. The third-order valence-electron chi connectivity index (χ3n) is 3.00. The molecule has 4 heteroatoms. The molecule has 1 aliphatic carbocycles. The second-order valence-electron chi connectivity index (χ2n) is 4.26. The lowest BCUT2D eigenvalue weighted by Crippen LogP contribution is -2.21. The van der Waals surface area contributed by atoms with Gasteiger partial charge >= 0.3 is 6.09 Å². The van der Waals surface area contributed by atoms with Gasteiger partial charge < -0.3 is 4.74 Å². The molecule has 1 aromatic carbocycles. The number of hydrogen-bond donors (Lipinski definition) is 1. The third-order valence-corrected chi connectivity index (χ3v) is 3.00. The van der Waals surface area contributed by atoms with E-state index in [1.165, 1.54) is 5.56 Å². The molecule has 0 aliphatic heterocycles. The second-order valence-corrected chi connectivity index (χ2v) is 4.26. The zero-order valence-electron chi connectivity index (χ0n) is 10.6. The van der Waals surface area contributed by atoms with Crippen molar-refractivity contribution in [1.82, 2.24) is 5.43 Å². The van der Waals surface area contributed by atoms with E-state index in [1.807, 2.05) is 12.1 Å². The van der Waals surface area contributed by atoms with E-state index < -0.39 is 6.09 Å². The number of amides is 1. The van der Waals surface area contributed by atoms with Crippen LogP contribution < -0.4 is 5.43 Å². The van der Waals surface area contributed by atoms with Crippen LogP contribution >= 0.6 is 0 Å². The summed E-state index contributed by atoms with van der Waals surface area (Å²) in [4.78, 5) is 11.2. The number of aryl methyl sites for hydroxylation is 1. The van der Waals surface area contributed by atoms with Crippen LogP contribution in [0.15, 0.2) is 29.4 Å². The van der Waals surface area contributed by atoms with E-state index in [4.69, 9.17) is 4.74 Å². The smallest absolute Gasteiger partial charge is 0.427 e. The summed E-state index contributed by atoms with van der Waals surface area (Å²) >= 11 is 0. The van der Waals surface area contributed by atoms with Crippen LogP contribution in [0.5, 0.6) is 0 Å². The first kappa shape index (κ1) is 12.6. The van der Waals surface area contributed by atoms with Gasteiger partial charge in [-0.1, -0.05) is 24.3 Å². The minimum absolute atomic E-state index is 0.354. The first-order chi connectivity index (χ1) is 8.81. The zero-order chi connectivity index (χ0) is 12.8. The summed E-state index contributed by atoms with van der Waals surface area (Å²) in [5, 5.41) is 4.20. The molecule has 0 fully saturated rings. The van der Waals surface area contributed by atoms with Gasteiger partial charge in [-0.2, -0.15) is 5.10 Å². The molecule has 0 saturated heterocycles. The Morgan fingerprint density at radius 2 is 2.11 bits per heavy atom. The molecule has 0 unspecified atom stereocenters. The molecular weight excluding hydrogens is 228 g/mol. The molecule has 0 radical (unpaired) electrons. The average Bonchev–Trinajstić information content (AvgIpc) is 2.59. The summed E-state index contributed by atoms with van der Waals surface area (Å²) in [6.45, 7) is 2.13. The molecular formula is C14H18N2O2. The lowest BCUT2D eigenvalue weighted by molar-refractivity contribution is 0.152. The minimum Gasteiger partial charge on any atom is -0.449 e. The Kier molecular flexibility index (Phi) is 4.34. The molecule has 0 bridgehead atoms. The van der Waals surface area contributed by atoms with Crippen LogP contribution in [0.1, 0.15) is 37.3 Å². The standard InChI is InChI=1S/C14H18N2O2/c1-2-18-14(17)16-15-13-10-6-4-8-11-7-3-5-9-12(11)13/h3,5,7,9H,2,4,6,8,10H2,1H3,(H,16,17)/b15-13-. The second kappa shape index (κ2) is 6.19. The first-order valence-electron chi connectivity index (χ1n) is 6.39. The lowest BCUT2D eigenvalue weighted by Gasteiger charge is -2.07. The highest BCUT2D eigenvalue weighted by atomic mass is 16.5. The van der Waals surface area contributed by atoms with Gasteiger partial charge in [-0.25, -0.2) is 10.2 Å². The molecule has 1 aliphatic rings. The van der Waals surface area contributed by atoms with Crippen molar-refractivity contribution in [3.05, 3.63) is 35.4 Å². The van der Waals surface area contributed by atoms with Gasteiger partial charge in [-0.3, -0.25) is 0 Å². The summed E-state index contributed by atoms with van der Waals surface area (Å²) in [6, 6.07) is 8.23. The first-order valence-corrected chi connectivity index (χ1v) is 6.39. The van der Waals surface area contributed by atoms with Crippen LogP contribution in [0.25, 0.3) is 0 Å². The largest absolute Gasteiger partial charge is 0.449 e. The third kappa shape index (κ3) is 3.09. The fourth-order valence-electron chi connectivity index (χ4n) is 2.16. The lowest BCUT2D eigenvalue weighted by atomic mass is 10.0.